The van der Waals surface area contributed by atoms with Crippen LogP contribution in [0, 0.1) is 25.7 Å². The van der Waals surface area contributed by atoms with E-state index in [4.69, 9.17) is 0 Å². The predicted octanol–water partition coefficient (Wildman–Crippen LogP) is 1.09. The first kappa shape index (κ1) is 14.8. The lowest BCUT2D eigenvalue weighted by molar-refractivity contribution is 0.463. The summed E-state index contributed by atoms with van der Waals surface area (Å²) in [5, 5.41) is 0. The van der Waals surface area contributed by atoms with E-state index < -0.39 is 10.1 Å². The van der Waals surface area contributed by atoms with Gasteiger partial charge in [0.1, 0.15) is 10.1 Å². The van der Waals surface area contributed by atoms with Crippen LogP contribution < -0.4 is 0 Å². The molecular formula is C10H9O3S-. The van der Waals surface area contributed by atoms with E-state index in [-0.39, 0.29) is 4.90 Å². The van der Waals surface area contributed by atoms with Crippen LogP contribution in [0.25, 0.3) is 0 Å². The third kappa shape index (κ3) is 5.84. The fourth-order valence-electron chi connectivity index (χ4n) is 0.587. The Morgan fingerprint density at radius 2 is 1.29 bits per heavy atom. The predicted molar refractivity (Wildman–Crippen MR) is 54.2 cm³/mol. The normalized spacial score (nSPS) is 8.36. The molecule has 1 aromatic carbocycles. The molecule has 0 unspecified atom stereocenters. The lowest BCUT2D eigenvalue weighted by Gasteiger charge is -2.04. The van der Waals surface area contributed by atoms with Gasteiger partial charge in [-0.15, -0.1) is 25.7 Å². The molecule has 0 aliphatic heterocycles. The molecule has 14 heavy (non-hydrogen) atoms. The zero-order valence-electron chi connectivity index (χ0n) is 7.33. The zero-order chi connectivity index (χ0) is 11.6. The van der Waals surface area contributed by atoms with Gasteiger partial charge in [0.25, 0.3) is 0 Å². The van der Waals surface area contributed by atoms with E-state index in [0.29, 0.717) is 0 Å². The summed E-state index contributed by atoms with van der Waals surface area (Å²) < 4.78 is 30.8. The van der Waals surface area contributed by atoms with Crippen molar-refractivity contribution in [2.75, 3.05) is 0 Å². The van der Waals surface area contributed by atoms with Crippen molar-refractivity contribution in [2.24, 2.45) is 0 Å². The smallest absolute Gasteiger partial charge is 0.124 e. The lowest BCUT2D eigenvalue weighted by atomic mass is 10.4. The molecule has 0 fully saturated rings. The van der Waals surface area contributed by atoms with Gasteiger partial charge in [0, 0.05) is 0 Å². The first-order chi connectivity index (χ1) is 6.61. The average Bonchev–Trinajstić information content (AvgIpc) is 2.24. The standard InChI is InChI=1S/C6H6O3S.2C2H2/c7-10(8,9)6-4-2-1-3-5-6;2*1-2/h1-5H,(H,7,8,9);2*1-2H/p-1. The third-order valence-electron chi connectivity index (χ3n) is 1.03. The van der Waals surface area contributed by atoms with Gasteiger partial charge in [-0.05, 0) is 12.1 Å². The van der Waals surface area contributed by atoms with Crippen molar-refractivity contribution in [3.8, 4) is 25.7 Å². The van der Waals surface area contributed by atoms with E-state index in [2.05, 4.69) is 25.7 Å². The molecule has 1 aromatic rings. The fraction of sp³-hybridized carbons (Fsp3) is 0. The molecule has 0 saturated carbocycles. The summed E-state index contributed by atoms with van der Waals surface area (Å²) in [5.41, 5.74) is 0. The van der Waals surface area contributed by atoms with Gasteiger partial charge >= 0.3 is 0 Å². The van der Waals surface area contributed by atoms with Crippen molar-refractivity contribution in [1.82, 2.24) is 0 Å². The highest BCUT2D eigenvalue weighted by Gasteiger charge is 1.95. The highest BCUT2D eigenvalue weighted by atomic mass is 32.2. The Labute approximate surface area is 84.5 Å². The van der Waals surface area contributed by atoms with Crippen LogP contribution in [0.3, 0.4) is 0 Å². The van der Waals surface area contributed by atoms with Crippen LogP contribution in [0.2, 0.25) is 0 Å². The van der Waals surface area contributed by atoms with Gasteiger partial charge < -0.3 is 4.55 Å². The Kier molecular flexibility index (Phi) is 8.30. The lowest BCUT2D eigenvalue weighted by Crippen LogP contribution is -1.96. The molecule has 0 aliphatic carbocycles. The summed E-state index contributed by atoms with van der Waals surface area (Å²) in [6, 6.07) is 7.19. The maximum absolute atomic E-state index is 10.3. The van der Waals surface area contributed by atoms with Crippen LogP contribution in [0.15, 0.2) is 35.2 Å². The van der Waals surface area contributed by atoms with E-state index in [1.165, 1.54) is 24.3 Å². The molecule has 0 spiro atoms. The van der Waals surface area contributed by atoms with Crippen LogP contribution in [0.4, 0.5) is 0 Å². The minimum atomic E-state index is -4.25. The highest BCUT2D eigenvalue weighted by Crippen LogP contribution is 2.04. The van der Waals surface area contributed by atoms with Crippen LogP contribution in [-0.2, 0) is 10.1 Å². The van der Waals surface area contributed by atoms with Crippen molar-refractivity contribution in [1.29, 1.82) is 0 Å². The van der Waals surface area contributed by atoms with Crippen molar-refractivity contribution < 1.29 is 13.0 Å². The molecule has 0 aromatic heterocycles. The molecule has 0 N–H and O–H groups in total. The number of terminal acetylenes is 2. The molecule has 0 amide bonds. The molecular weight excluding hydrogens is 200 g/mol. The summed E-state index contributed by atoms with van der Waals surface area (Å²) in [4.78, 5) is -0.185. The number of hydrogen-bond acceptors (Lipinski definition) is 3. The largest absolute Gasteiger partial charge is 0.744 e. The first-order valence-corrected chi connectivity index (χ1v) is 4.69. The van der Waals surface area contributed by atoms with Crippen molar-refractivity contribution >= 4 is 10.1 Å². The van der Waals surface area contributed by atoms with Gasteiger partial charge in [0.05, 0.1) is 4.90 Å². The fourth-order valence-corrected chi connectivity index (χ4v) is 1.08. The number of benzene rings is 1. The highest BCUT2D eigenvalue weighted by molar-refractivity contribution is 7.85. The van der Waals surface area contributed by atoms with Crippen LogP contribution in [0.5, 0.6) is 0 Å². The second-order valence-corrected chi connectivity index (χ2v) is 3.15. The van der Waals surface area contributed by atoms with E-state index in [1.54, 1.807) is 6.07 Å². The minimum Gasteiger partial charge on any atom is -0.744 e. The van der Waals surface area contributed by atoms with E-state index in [9.17, 15) is 13.0 Å². The second kappa shape index (κ2) is 7.88. The van der Waals surface area contributed by atoms with E-state index in [0.717, 1.165) is 0 Å². The number of hydrogen-bond donors (Lipinski definition) is 0. The molecule has 3 nitrogen and oxygen atoms in total. The van der Waals surface area contributed by atoms with Gasteiger partial charge in [-0.25, -0.2) is 8.42 Å². The molecule has 0 bridgehead atoms. The second-order valence-electron chi connectivity index (χ2n) is 1.77. The summed E-state index contributed by atoms with van der Waals surface area (Å²) in [6.07, 6.45) is 16.0. The molecule has 0 aliphatic rings. The Morgan fingerprint density at radius 1 is 0.929 bits per heavy atom. The number of rotatable bonds is 1. The minimum absolute atomic E-state index is 0.185. The van der Waals surface area contributed by atoms with Crippen molar-refractivity contribution in [2.45, 2.75) is 4.90 Å². The monoisotopic (exact) mass is 209 g/mol. The molecule has 4 heteroatoms. The average molecular weight is 209 g/mol. The Bertz CT molecular complexity index is 368. The van der Waals surface area contributed by atoms with Gasteiger partial charge in [0.2, 0.25) is 0 Å². The Hall–Kier alpha value is -1.75. The third-order valence-corrected chi connectivity index (χ3v) is 1.88. The SMILES string of the molecule is C#C.C#C.O=S(=O)([O-])c1ccccc1. The van der Waals surface area contributed by atoms with Crippen molar-refractivity contribution in [3.63, 3.8) is 0 Å². The maximum Gasteiger partial charge on any atom is 0.124 e. The zero-order valence-corrected chi connectivity index (χ0v) is 8.15. The van der Waals surface area contributed by atoms with E-state index >= 15 is 0 Å². The van der Waals surface area contributed by atoms with Gasteiger partial charge in [-0.1, -0.05) is 18.2 Å². The van der Waals surface area contributed by atoms with Crippen molar-refractivity contribution in [3.05, 3.63) is 30.3 Å². The summed E-state index contributed by atoms with van der Waals surface area (Å²) in [5.74, 6) is 0. The Morgan fingerprint density at radius 3 is 1.50 bits per heavy atom. The van der Waals surface area contributed by atoms with Gasteiger partial charge in [-0.3, -0.25) is 0 Å². The van der Waals surface area contributed by atoms with Crippen LogP contribution in [0.1, 0.15) is 0 Å². The topological polar surface area (TPSA) is 57.2 Å². The molecule has 74 valence electrons. The summed E-state index contributed by atoms with van der Waals surface area (Å²) in [7, 11) is -4.25. The van der Waals surface area contributed by atoms with Gasteiger partial charge in [-0.2, -0.15) is 0 Å². The molecule has 1 rings (SSSR count). The molecule has 0 atom stereocenters. The van der Waals surface area contributed by atoms with Gasteiger partial charge in [0.15, 0.2) is 0 Å². The van der Waals surface area contributed by atoms with E-state index in [1.807, 2.05) is 0 Å². The Balaban J connectivity index is 0. The molecule has 0 saturated heterocycles. The van der Waals surface area contributed by atoms with Crippen LogP contribution in [-0.4, -0.2) is 13.0 Å². The molecule has 0 radical (unpaired) electrons. The van der Waals surface area contributed by atoms with Crippen LogP contribution >= 0.6 is 0 Å². The maximum atomic E-state index is 10.3. The molecule has 0 heterocycles. The summed E-state index contributed by atoms with van der Waals surface area (Å²) >= 11 is 0. The quantitative estimate of drug-likeness (QED) is 0.514. The first-order valence-electron chi connectivity index (χ1n) is 3.28. The summed E-state index contributed by atoms with van der Waals surface area (Å²) in [6.45, 7) is 0.